The first-order valence-electron chi connectivity index (χ1n) is 10.6. The van der Waals surface area contributed by atoms with E-state index < -0.39 is 0 Å². The molecule has 162 valence electrons. The van der Waals surface area contributed by atoms with Crippen LogP contribution < -0.4 is 9.64 Å². The van der Waals surface area contributed by atoms with E-state index in [4.69, 9.17) is 20.8 Å². The van der Waals surface area contributed by atoms with Crippen LogP contribution in [0.4, 0.5) is 5.69 Å². The van der Waals surface area contributed by atoms with Crippen LogP contribution in [0.25, 0.3) is 16.5 Å². The van der Waals surface area contributed by atoms with E-state index in [2.05, 4.69) is 17.0 Å². The van der Waals surface area contributed by atoms with Crippen molar-refractivity contribution in [2.45, 2.75) is 20.8 Å². The van der Waals surface area contributed by atoms with Crippen molar-refractivity contribution in [1.29, 1.82) is 0 Å². The summed E-state index contributed by atoms with van der Waals surface area (Å²) in [7, 11) is 0. The molecule has 0 unspecified atom stereocenters. The Morgan fingerprint density at radius 1 is 1.19 bits per heavy atom. The molecule has 2 heterocycles. The number of hydrogen-bond acceptors (Lipinski definition) is 4. The van der Waals surface area contributed by atoms with Crippen LogP contribution in [0.2, 0.25) is 5.02 Å². The maximum atomic E-state index is 13.0. The summed E-state index contributed by atoms with van der Waals surface area (Å²) in [6, 6.07) is 11.8. The number of carbonyl (C=O) groups is 1. The summed E-state index contributed by atoms with van der Waals surface area (Å²) in [5, 5.41) is 1.76. The Balaban J connectivity index is 1.50. The smallest absolute Gasteiger partial charge is 0.246 e. The summed E-state index contributed by atoms with van der Waals surface area (Å²) < 4.78 is 11.4. The van der Waals surface area contributed by atoms with Gasteiger partial charge in [-0.3, -0.25) is 4.79 Å². The molecule has 4 rings (SSSR count). The lowest BCUT2D eigenvalue weighted by atomic mass is 10.0. The first-order valence-corrected chi connectivity index (χ1v) is 11.0. The van der Waals surface area contributed by atoms with Crippen LogP contribution in [0.5, 0.6) is 5.75 Å². The molecule has 0 bridgehead atoms. The summed E-state index contributed by atoms with van der Waals surface area (Å²) >= 11 is 6.12. The van der Waals surface area contributed by atoms with Crippen LogP contribution in [-0.2, 0) is 4.79 Å². The van der Waals surface area contributed by atoms with E-state index in [1.54, 1.807) is 12.3 Å². The third-order valence-corrected chi connectivity index (χ3v) is 5.93. The van der Waals surface area contributed by atoms with Gasteiger partial charge in [-0.25, -0.2) is 0 Å². The molecule has 2 aromatic carbocycles. The van der Waals surface area contributed by atoms with Crippen LogP contribution in [-0.4, -0.2) is 43.6 Å². The van der Waals surface area contributed by atoms with Gasteiger partial charge < -0.3 is 19.0 Å². The highest BCUT2D eigenvalue weighted by Crippen LogP contribution is 2.33. The standard InChI is InChI=1S/C25H27ClN2O3/c1-4-30-23-15-24-22(18(3)16-31-24)14-21(23)17(2)12-25(29)28-10-8-27(9-11-28)20-7-5-6-19(26)13-20/h5-7,12-16H,4,8-11H2,1-3H3/b17-12+. The monoisotopic (exact) mass is 438 g/mol. The van der Waals surface area contributed by atoms with Gasteiger partial charge in [-0.2, -0.15) is 0 Å². The minimum absolute atomic E-state index is 0.0229. The second-order valence-corrected chi connectivity index (χ2v) is 8.25. The van der Waals surface area contributed by atoms with Gasteiger partial charge in [0.2, 0.25) is 5.91 Å². The lowest BCUT2D eigenvalue weighted by Crippen LogP contribution is -2.48. The number of piperazine rings is 1. The highest BCUT2D eigenvalue weighted by molar-refractivity contribution is 6.30. The fraction of sp³-hybridized carbons (Fsp3) is 0.320. The summed E-state index contributed by atoms with van der Waals surface area (Å²) in [6.07, 6.45) is 3.46. The van der Waals surface area contributed by atoms with Crippen LogP contribution in [0.1, 0.15) is 25.0 Å². The van der Waals surface area contributed by atoms with Crippen molar-refractivity contribution >= 4 is 39.7 Å². The minimum atomic E-state index is 0.0229. The predicted octanol–water partition coefficient (Wildman–Crippen LogP) is 5.55. The van der Waals surface area contributed by atoms with Gasteiger partial charge in [-0.15, -0.1) is 0 Å². The fourth-order valence-electron chi connectivity index (χ4n) is 3.98. The van der Waals surface area contributed by atoms with Crippen LogP contribution in [0.3, 0.4) is 0 Å². The van der Waals surface area contributed by atoms with E-state index in [1.807, 2.05) is 49.9 Å². The van der Waals surface area contributed by atoms with E-state index in [0.717, 1.165) is 57.2 Å². The molecule has 1 amide bonds. The van der Waals surface area contributed by atoms with Gasteiger partial charge in [0.05, 0.1) is 12.9 Å². The number of carbonyl (C=O) groups excluding carboxylic acids is 1. The average molecular weight is 439 g/mol. The largest absolute Gasteiger partial charge is 0.493 e. The second-order valence-electron chi connectivity index (χ2n) is 7.82. The lowest BCUT2D eigenvalue weighted by molar-refractivity contribution is -0.126. The van der Waals surface area contributed by atoms with Crippen molar-refractivity contribution in [2.24, 2.45) is 0 Å². The second kappa shape index (κ2) is 9.06. The van der Waals surface area contributed by atoms with E-state index in [-0.39, 0.29) is 5.91 Å². The number of fused-ring (bicyclic) bond motifs is 1. The Labute approximate surface area is 187 Å². The molecule has 31 heavy (non-hydrogen) atoms. The molecule has 0 atom stereocenters. The van der Waals surface area contributed by atoms with Crippen molar-refractivity contribution in [3.63, 3.8) is 0 Å². The molecule has 1 aliphatic heterocycles. The van der Waals surface area contributed by atoms with Gasteiger partial charge in [-0.05, 0) is 56.2 Å². The third kappa shape index (κ3) is 4.57. The number of benzene rings is 2. The third-order valence-electron chi connectivity index (χ3n) is 5.70. The number of allylic oxidation sites excluding steroid dienone is 1. The summed E-state index contributed by atoms with van der Waals surface area (Å²) in [4.78, 5) is 17.1. The first kappa shape index (κ1) is 21.3. The van der Waals surface area contributed by atoms with Gasteiger partial charge in [0.1, 0.15) is 11.3 Å². The number of ether oxygens (including phenoxy) is 1. The number of furan rings is 1. The highest BCUT2D eigenvalue weighted by Gasteiger charge is 2.21. The van der Waals surface area contributed by atoms with E-state index in [1.165, 1.54) is 0 Å². The molecule has 0 saturated carbocycles. The molecule has 6 heteroatoms. The highest BCUT2D eigenvalue weighted by atomic mass is 35.5. The molecule has 1 aliphatic rings. The first-order chi connectivity index (χ1) is 15.0. The molecule has 0 aliphatic carbocycles. The zero-order valence-electron chi connectivity index (χ0n) is 18.2. The summed E-state index contributed by atoms with van der Waals surface area (Å²) in [5.74, 6) is 0.756. The molecule has 5 nitrogen and oxygen atoms in total. The van der Waals surface area contributed by atoms with Crippen molar-refractivity contribution in [3.05, 3.63) is 64.9 Å². The summed E-state index contributed by atoms with van der Waals surface area (Å²) in [5.41, 5.74) is 4.76. The number of halogens is 1. The van der Waals surface area contributed by atoms with Crippen molar-refractivity contribution in [3.8, 4) is 5.75 Å². The molecule has 1 saturated heterocycles. The molecule has 1 fully saturated rings. The molecule has 1 aromatic heterocycles. The Hall–Kier alpha value is -2.92. The number of amides is 1. The molecule has 0 radical (unpaired) electrons. The quantitative estimate of drug-likeness (QED) is 0.490. The maximum Gasteiger partial charge on any atom is 0.246 e. The SMILES string of the molecule is CCOc1cc2occ(C)c2cc1/C(C)=C/C(=O)N1CCN(c2cccc(Cl)c2)CC1. The van der Waals surface area contributed by atoms with Gasteiger partial charge in [-0.1, -0.05) is 17.7 Å². The van der Waals surface area contributed by atoms with Crippen LogP contribution in [0, 0.1) is 6.92 Å². The lowest BCUT2D eigenvalue weighted by Gasteiger charge is -2.35. The number of hydrogen-bond donors (Lipinski definition) is 0. The number of anilines is 1. The van der Waals surface area contributed by atoms with E-state index >= 15 is 0 Å². The number of aryl methyl sites for hydroxylation is 1. The van der Waals surface area contributed by atoms with Gasteiger partial charge in [0, 0.05) is 60.0 Å². The van der Waals surface area contributed by atoms with E-state index in [0.29, 0.717) is 19.7 Å². The average Bonchev–Trinajstić information content (AvgIpc) is 3.13. The number of nitrogens with zero attached hydrogens (tertiary/aromatic N) is 2. The summed E-state index contributed by atoms with van der Waals surface area (Å²) in [6.45, 7) is 9.38. The molecular weight excluding hydrogens is 412 g/mol. The Morgan fingerprint density at radius 2 is 1.97 bits per heavy atom. The van der Waals surface area contributed by atoms with Gasteiger partial charge >= 0.3 is 0 Å². The fourth-order valence-corrected chi connectivity index (χ4v) is 4.16. The number of rotatable bonds is 5. The van der Waals surface area contributed by atoms with Gasteiger partial charge in [0.15, 0.2) is 0 Å². The van der Waals surface area contributed by atoms with Crippen molar-refractivity contribution in [2.75, 3.05) is 37.7 Å². The van der Waals surface area contributed by atoms with Crippen LogP contribution in [0.15, 0.2) is 53.2 Å². The normalized spacial score (nSPS) is 14.9. The predicted molar refractivity (Wildman–Crippen MR) is 126 cm³/mol. The Morgan fingerprint density at radius 3 is 2.68 bits per heavy atom. The Kier molecular flexibility index (Phi) is 6.23. The molecular formula is C25H27ClN2O3. The maximum absolute atomic E-state index is 13.0. The van der Waals surface area contributed by atoms with Gasteiger partial charge in [0.25, 0.3) is 0 Å². The molecule has 0 spiro atoms. The zero-order chi connectivity index (χ0) is 22.0. The van der Waals surface area contributed by atoms with Crippen molar-refractivity contribution in [1.82, 2.24) is 4.90 Å². The minimum Gasteiger partial charge on any atom is -0.493 e. The molecule has 3 aromatic rings. The van der Waals surface area contributed by atoms with Crippen molar-refractivity contribution < 1.29 is 13.9 Å². The molecule has 0 N–H and O–H groups in total. The van der Waals surface area contributed by atoms with Crippen LogP contribution >= 0.6 is 11.6 Å². The topological polar surface area (TPSA) is 45.9 Å². The Bertz CT molecular complexity index is 1130. The zero-order valence-corrected chi connectivity index (χ0v) is 18.9. The van der Waals surface area contributed by atoms with E-state index in [9.17, 15) is 4.79 Å².